The normalized spacial score (nSPS) is 16.0. The number of benzene rings is 1. The van der Waals surface area contributed by atoms with E-state index >= 15 is 0 Å². The minimum Gasteiger partial charge on any atom is -0.444 e. The van der Waals surface area contributed by atoms with Crippen LogP contribution in [0.25, 0.3) is 0 Å². The lowest BCUT2D eigenvalue weighted by molar-refractivity contribution is 0.0139. The van der Waals surface area contributed by atoms with E-state index in [-0.39, 0.29) is 6.09 Å². The van der Waals surface area contributed by atoms with Crippen LogP contribution in [-0.4, -0.2) is 64.8 Å². The van der Waals surface area contributed by atoms with Crippen molar-refractivity contribution in [1.82, 2.24) is 9.80 Å². The summed E-state index contributed by atoms with van der Waals surface area (Å²) in [4.78, 5) is 16.0. The van der Waals surface area contributed by atoms with Gasteiger partial charge in [-0.25, -0.2) is 4.79 Å². The van der Waals surface area contributed by atoms with Gasteiger partial charge in [0, 0.05) is 38.4 Å². The molecule has 138 valence electrons. The van der Waals surface area contributed by atoms with E-state index in [2.05, 4.69) is 4.90 Å². The van der Waals surface area contributed by atoms with Gasteiger partial charge in [-0.1, -0.05) is 0 Å². The largest absolute Gasteiger partial charge is 0.488 e. The average Bonchev–Trinajstić information content (AvgIpc) is 2.49. The van der Waals surface area contributed by atoms with E-state index in [0.717, 1.165) is 24.2 Å². The van der Waals surface area contributed by atoms with Crippen molar-refractivity contribution < 1.29 is 19.6 Å². The summed E-state index contributed by atoms with van der Waals surface area (Å²) >= 11 is 0. The predicted octanol–water partition coefficient (Wildman–Crippen LogP) is 0.310. The molecule has 0 unspecified atom stereocenters. The standard InChI is InChI=1S/C17H28BN3O4/c1-12-13(9-14(19)10-15(12)18(23)24)11-20-5-7-21(8-6-20)16(22)25-17(2,3)4/h9-10,23-24H,5-8,11,19H2,1-4H3. The van der Waals surface area contributed by atoms with E-state index in [0.29, 0.717) is 30.8 Å². The van der Waals surface area contributed by atoms with Gasteiger partial charge in [0.1, 0.15) is 5.60 Å². The number of carbonyl (C=O) groups is 1. The van der Waals surface area contributed by atoms with Gasteiger partial charge in [-0.3, -0.25) is 4.90 Å². The fourth-order valence-electron chi connectivity index (χ4n) is 2.91. The minimum absolute atomic E-state index is 0.280. The zero-order valence-electron chi connectivity index (χ0n) is 15.5. The molecule has 0 bridgehead atoms. The SMILES string of the molecule is Cc1c(CN2CCN(C(=O)OC(C)(C)C)CC2)cc(N)cc1B(O)O. The third-order valence-electron chi connectivity index (χ3n) is 4.27. The number of hydrogen-bond acceptors (Lipinski definition) is 6. The molecule has 1 aromatic carbocycles. The van der Waals surface area contributed by atoms with E-state index in [9.17, 15) is 14.8 Å². The number of nitrogen functional groups attached to an aromatic ring is 1. The molecular weight excluding hydrogens is 321 g/mol. The van der Waals surface area contributed by atoms with Crippen LogP contribution in [0.5, 0.6) is 0 Å². The van der Waals surface area contributed by atoms with Crippen LogP contribution < -0.4 is 11.2 Å². The van der Waals surface area contributed by atoms with Crippen molar-refractivity contribution in [2.45, 2.75) is 39.8 Å². The lowest BCUT2D eigenvalue weighted by Crippen LogP contribution is -2.49. The number of nitrogens with zero attached hydrogens (tertiary/aromatic N) is 2. The zero-order chi connectivity index (χ0) is 18.8. The van der Waals surface area contributed by atoms with Crippen LogP contribution in [0.3, 0.4) is 0 Å². The first-order chi connectivity index (χ1) is 11.6. The van der Waals surface area contributed by atoms with E-state index in [4.69, 9.17) is 10.5 Å². The summed E-state index contributed by atoms with van der Waals surface area (Å²) in [6, 6.07) is 3.45. The maximum atomic E-state index is 12.1. The third kappa shape index (κ3) is 5.35. The highest BCUT2D eigenvalue weighted by Crippen LogP contribution is 2.17. The van der Waals surface area contributed by atoms with Gasteiger partial charge in [0.25, 0.3) is 0 Å². The Bertz CT molecular complexity index is 623. The summed E-state index contributed by atoms with van der Waals surface area (Å²) in [7, 11) is -1.54. The molecule has 0 saturated carbocycles. The topological polar surface area (TPSA) is 99.3 Å². The van der Waals surface area contributed by atoms with Gasteiger partial charge in [0.2, 0.25) is 0 Å². The summed E-state index contributed by atoms with van der Waals surface area (Å²) < 4.78 is 5.40. The highest BCUT2D eigenvalue weighted by atomic mass is 16.6. The fourth-order valence-corrected chi connectivity index (χ4v) is 2.91. The molecule has 2 rings (SSSR count). The number of carbonyl (C=O) groups excluding carboxylic acids is 1. The second-order valence-corrected chi connectivity index (χ2v) is 7.51. The molecule has 25 heavy (non-hydrogen) atoms. The first kappa shape index (κ1) is 19.6. The average molecular weight is 349 g/mol. The molecule has 0 aromatic heterocycles. The van der Waals surface area contributed by atoms with Gasteiger partial charge < -0.3 is 25.4 Å². The van der Waals surface area contributed by atoms with Crippen molar-refractivity contribution in [1.29, 1.82) is 0 Å². The van der Waals surface area contributed by atoms with Crippen molar-refractivity contribution in [3.8, 4) is 0 Å². The number of piperazine rings is 1. The second-order valence-electron chi connectivity index (χ2n) is 7.51. The molecule has 1 saturated heterocycles. The van der Waals surface area contributed by atoms with E-state index in [1.165, 1.54) is 0 Å². The molecule has 8 heteroatoms. The maximum Gasteiger partial charge on any atom is 0.488 e. The van der Waals surface area contributed by atoms with Crippen LogP contribution >= 0.6 is 0 Å². The zero-order valence-corrected chi connectivity index (χ0v) is 15.5. The molecule has 1 amide bonds. The van der Waals surface area contributed by atoms with Crippen LogP contribution in [0.1, 0.15) is 31.9 Å². The third-order valence-corrected chi connectivity index (χ3v) is 4.27. The first-order valence-electron chi connectivity index (χ1n) is 8.52. The van der Waals surface area contributed by atoms with E-state index < -0.39 is 12.7 Å². The molecule has 7 nitrogen and oxygen atoms in total. The number of amides is 1. The Morgan fingerprint density at radius 3 is 2.36 bits per heavy atom. The molecule has 1 aliphatic rings. The Kier molecular flexibility index (Phi) is 5.97. The first-order valence-corrected chi connectivity index (χ1v) is 8.52. The molecule has 1 aromatic rings. The quantitative estimate of drug-likeness (QED) is 0.537. The highest BCUT2D eigenvalue weighted by molar-refractivity contribution is 6.59. The number of rotatable bonds is 3. The number of ether oxygens (including phenoxy) is 1. The van der Waals surface area contributed by atoms with Crippen LogP contribution in [0.15, 0.2) is 12.1 Å². The lowest BCUT2D eigenvalue weighted by atomic mass is 9.75. The molecule has 0 radical (unpaired) electrons. The molecule has 1 heterocycles. The van der Waals surface area contributed by atoms with Gasteiger partial charge in [0.05, 0.1) is 0 Å². The van der Waals surface area contributed by atoms with Crippen LogP contribution in [0.2, 0.25) is 0 Å². The molecular formula is C17H28BN3O4. The number of nitrogens with two attached hydrogens (primary N) is 1. The molecule has 4 N–H and O–H groups in total. The Morgan fingerprint density at radius 1 is 1.24 bits per heavy atom. The summed E-state index contributed by atoms with van der Waals surface area (Å²) in [6.07, 6.45) is -0.280. The van der Waals surface area contributed by atoms with Crippen molar-refractivity contribution in [3.05, 3.63) is 23.3 Å². The fraction of sp³-hybridized carbons (Fsp3) is 0.588. The summed E-state index contributed by atoms with van der Waals surface area (Å²) in [6.45, 7) is 10.7. The predicted molar refractivity (Wildman–Crippen MR) is 98.5 cm³/mol. The molecule has 0 spiro atoms. The summed E-state index contributed by atoms with van der Waals surface area (Å²) in [5.74, 6) is 0. The van der Waals surface area contributed by atoms with Gasteiger partial charge in [0.15, 0.2) is 0 Å². The summed E-state index contributed by atoms with van der Waals surface area (Å²) in [5, 5.41) is 19.0. The van der Waals surface area contributed by atoms with Crippen LogP contribution in [-0.2, 0) is 11.3 Å². The van der Waals surface area contributed by atoms with Crippen molar-refractivity contribution in [2.24, 2.45) is 0 Å². The van der Waals surface area contributed by atoms with Gasteiger partial charge >= 0.3 is 13.2 Å². The van der Waals surface area contributed by atoms with E-state index in [1.807, 2.05) is 33.8 Å². The number of anilines is 1. The van der Waals surface area contributed by atoms with Crippen molar-refractivity contribution in [2.75, 3.05) is 31.9 Å². The minimum atomic E-state index is -1.54. The summed E-state index contributed by atoms with van der Waals surface area (Å²) in [5.41, 5.74) is 8.13. The van der Waals surface area contributed by atoms with Crippen molar-refractivity contribution in [3.63, 3.8) is 0 Å². The lowest BCUT2D eigenvalue weighted by Gasteiger charge is -2.36. The molecule has 0 atom stereocenters. The smallest absolute Gasteiger partial charge is 0.444 e. The Morgan fingerprint density at radius 2 is 1.84 bits per heavy atom. The monoisotopic (exact) mass is 349 g/mol. The maximum absolute atomic E-state index is 12.1. The molecule has 0 aliphatic carbocycles. The second kappa shape index (κ2) is 7.64. The Labute approximate surface area is 149 Å². The Balaban J connectivity index is 1.98. The van der Waals surface area contributed by atoms with Crippen LogP contribution in [0, 0.1) is 6.92 Å². The Hall–Kier alpha value is -1.77. The number of hydrogen-bond donors (Lipinski definition) is 3. The van der Waals surface area contributed by atoms with Gasteiger partial charge in [-0.15, -0.1) is 0 Å². The molecule has 1 aliphatic heterocycles. The van der Waals surface area contributed by atoms with Crippen LogP contribution in [0.4, 0.5) is 10.5 Å². The van der Waals surface area contributed by atoms with Gasteiger partial charge in [-0.05, 0) is 56.4 Å². The van der Waals surface area contributed by atoms with Gasteiger partial charge in [-0.2, -0.15) is 0 Å². The van der Waals surface area contributed by atoms with Crippen molar-refractivity contribution >= 4 is 24.4 Å². The highest BCUT2D eigenvalue weighted by Gasteiger charge is 2.26. The van der Waals surface area contributed by atoms with E-state index in [1.54, 1.807) is 11.0 Å². The molecule has 1 fully saturated rings.